The first-order chi connectivity index (χ1) is 14.4. The number of rotatable bonds is 12. The summed E-state index contributed by atoms with van der Waals surface area (Å²) in [6.07, 6.45) is 4.99. The van der Waals surface area contributed by atoms with E-state index < -0.39 is 0 Å². The van der Waals surface area contributed by atoms with Gasteiger partial charge in [0.15, 0.2) is 0 Å². The van der Waals surface area contributed by atoms with Gasteiger partial charge in [-0.25, -0.2) is 0 Å². The molecule has 164 valence electrons. The van der Waals surface area contributed by atoms with Crippen LogP contribution in [0.4, 0.5) is 0 Å². The van der Waals surface area contributed by atoms with E-state index in [0.717, 1.165) is 25.7 Å². The number of hydrogen-bond acceptors (Lipinski definition) is 4. The minimum absolute atomic E-state index is 0.00917. The van der Waals surface area contributed by atoms with Crippen LogP contribution in [0.15, 0.2) is 60.7 Å². The van der Waals surface area contributed by atoms with Gasteiger partial charge in [-0.3, -0.25) is 9.59 Å². The summed E-state index contributed by atoms with van der Waals surface area (Å²) in [6, 6.07) is 20.5. The topological polar surface area (TPSA) is 52.6 Å². The molecule has 0 aromatic heterocycles. The van der Waals surface area contributed by atoms with E-state index in [1.807, 2.05) is 36.4 Å². The van der Waals surface area contributed by atoms with Crippen LogP contribution >= 0.6 is 0 Å². The maximum atomic E-state index is 11.0. The summed E-state index contributed by atoms with van der Waals surface area (Å²) in [5, 5.41) is 0. The SMILES string of the molecule is COC(CC(C)=O)Cc1ccccc1.COC(CCCc1ccccc1)CC(C)=O. The number of methoxy groups -OCH3 is 2. The first-order valence-electron chi connectivity index (χ1n) is 10.6. The van der Waals surface area contributed by atoms with E-state index in [1.165, 1.54) is 11.1 Å². The maximum absolute atomic E-state index is 11.0. The fraction of sp³-hybridized carbons (Fsp3) is 0.462. The number of ketones is 2. The van der Waals surface area contributed by atoms with Gasteiger partial charge >= 0.3 is 0 Å². The molecule has 2 aromatic carbocycles. The van der Waals surface area contributed by atoms with Crippen molar-refractivity contribution in [3.8, 4) is 0 Å². The molecule has 0 N–H and O–H groups in total. The van der Waals surface area contributed by atoms with Crippen LogP contribution in [0.5, 0.6) is 0 Å². The molecule has 0 aliphatic carbocycles. The number of hydrogen-bond donors (Lipinski definition) is 0. The Hall–Kier alpha value is -2.30. The Kier molecular flexibility index (Phi) is 13.3. The Labute approximate surface area is 181 Å². The second-order valence-corrected chi connectivity index (χ2v) is 7.60. The lowest BCUT2D eigenvalue weighted by Gasteiger charge is -2.13. The standard InChI is InChI=1S/C14H20O2.C12H16O2/c1-12(15)11-14(16-2)10-6-9-13-7-4-3-5-8-13;1-10(13)8-12(14-2)9-11-6-4-3-5-7-11/h3-5,7-8,14H,6,9-11H2,1-2H3;3-7,12H,8-9H2,1-2H3. The molecule has 0 bridgehead atoms. The summed E-state index contributed by atoms with van der Waals surface area (Å²) < 4.78 is 10.5. The predicted octanol–water partition coefficient (Wildman–Crippen LogP) is 5.23. The summed E-state index contributed by atoms with van der Waals surface area (Å²) in [7, 11) is 3.33. The average Bonchev–Trinajstić information content (AvgIpc) is 2.74. The molecule has 30 heavy (non-hydrogen) atoms. The summed E-state index contributed by atoms with van der Waals surface area (Å²) in [5.41, 5.74) is 2.56. The minimum Gasteiger partial charge on any atom is -0.381 e. The molecule has 0 saturated heterocycles. The highest BCUT2D eigenvalue weighted by Gasteiger charge is 2.11. The van der Waals surface area contributed by atoms with Crippen molar-refractivity contribution in [3.05, 3.63) is 71.8 Å². The smallest absolute Gasteiger partial charge is 0.132 e. The molecule has 4 heteroatoms. The second-order valence-electron chi connectivity index (χ2n) is 7.60. The quantitative estimate of drug-likeness (QED) is 0.479. The van der Waals surface area contributed by atoms with Gasteiger partial charge in [-0.15, -0.1) is 0 Å². The van der Waals surface area contributed by atoms with Gasteiger partial charge in [0.1, 0.15) is 11.6 Å². The minimum atomic E-state index is 0.00917. The van der Waals surface area contributed by atoms with E-state index in [-0.39, 0.29) is 23.8 Å². The predicted molar refractivity (Wildman–Crippen MR) is 122 cm³/mol. The van der Waals surface area contributed by atoms with Gasteiger partial charge in [-0.1, -0.05) is 60.7 Å². The van der Waals surface area contributed by atoms with E-state index in [0.29, 0.717) is 12.8 Å². The van der Waals surface area contributed by atoms with Crippen LogP contribution in [0.3, 0.4) is 0 Å². The zero-order chi connectivity index (χ0) is 22.2. The molecular weight excluding hydrogens is 376 g/mol. The van der Waals surface area contributed by atoms with Gasteiger partial charge in [-0.2, -0.15) is 0 Å². The molecule has 0 fully saturated rings. The van der Waals surface area contributed by atoms with Gasteiger partial charge in [0.05, 0.1) is 12.2 Å². The third-order valence-electron chi connectivity index (χ3n) is 4.84. The monoisotopic (exact) mass is 412 g/mol. The van der Waals surface area contributed by atoms with Crippen molar-refractivity contribution < 1.29 is 19.1 Å². The van der Waals surface area contributed by atoms with Gasteiger partial charge in [0.25, 0.3) is 0 Å². The summed E-state index contributed by atoms with van der Waals surface area (Å²) in [5.74, 6) is 0.374. The van der Waals surface area contributed by atoms with Crippen molar-refractivity contribution in [2.75, 3.05) is 14.2 Å². The Morgan fingerprint density at radius 2 is 1.20 bits per heavy atom. The summed E-state index contributed by atoms with van der Waals surface area (Å²) in [6.45, 7) is 3.21. The molecule has 0 heterocycles. The van der Waals surface area contributed by atoms with E-state index >= 15 is 0 Å². The molecule has 2 unspecified atom stereocenters. The number of aryl methyl sites for hydroxylation is 1. The molecular formula is C26H36O4. The van der Waals surface area contributed by atoms with Crippen LogP contribution in [0.25, 0.3) is 0 Å². The van der Waals surface area contributed by atoms with E-state index in [1.54, 1.807) is 28.1 Å². The highest BCUT2D eigenvalue weighted by molar-refractivity contribution is 5.76. The Bertz CT molecular complexity index is 712. The summed E-state index contributed by atoms with van der Waals surface area (Å²) in [4.78, 5) is 21.9. The van der Waals surface area contributed by atoms with Crippen molar-refractivity contribution in [1.29, 1.82) is 0 Å². The molecule has 0 aliphatic heterocycles. The normalized spacial score (nSPS) is 12.4. The van der Waals surface area contributed by atoms with Crippen molar-refractivity contribution >= 4 is 11.6 Å². The van der Waals surface area contributed by atoms with E-state index in [4.69, 9.17) is 9.47 Å². The number of Topliss-reactive ketones (excluding diaryl/α,β-unsaturated/α-hetero) is 2. The van der Waals surface area contributed by atoms with E-state index in [9.17, 15) is 9.59 Å². The fourth-order valence-corrected chi connectivity index (χ4v) is 3.24. The fourth-order valence-electron chi connectivity index (χ4n) is 3.24. The highest BCUT2D eigenvalue weighted by atomic mass is 16.5. The van der Waals surface area contributed by atoms with Crippen LogP contribution in [0, 0.1) is 0 Å². The highest BCUT2D eigenvalue weighted by Crippen LogP contribution is 2.11. The molecule has 0 amide bonds. The zero-order valence-electron chi connectivity index (χ0n) is 18.8. The second kappa shape index (κ2) is 15.5. The van der Waals surface area contributed by atoms with Crippen LogP contribution in [0.2, 0.25) is 0 Å². The molecule has 2 aromatic rings. The van der Waals surface area contributed by atoms with Gasteiger partial charge < -0.3 is 9.47 Å². The van der Waals surface area contributed by atoms with Crippen molar-refractivity contribution in [2.24, 2.45) is 0 Å². The number of benzene rings is 2. The summed E-state index contributed by atoms with van der Waals surface area (Å²) >= 11 is 0. The largest absolute Gasteiger partial charge is 0.381 e. The van der Waals surface area contributed by atoms with Crippen LogP contribution in [-0.2, 0) is 31.9 Å². The third-order valence-corrected chi connectivity index (χ3v) is 4.84. The lowest BCUT2D eigenvalue weighted by Crippen LogP contribution is -2.17. The molecule has 0 spiro atoms. The zero-order valence-corrected chi connectivity index (χ0v) is 18.8. The molecule has 4 nitrogen and oxygen atoms in total. The molecule has 0 aliphatic rings. The van der Waals surface area contributed by atoms with Crippen molar-refractivity contribution in [2.45, 2.75) is 64.6 Å². The lowest BCUT2D eigenvalue weighted by atomic mass is 10.0. The average molecular weight is 413 g/mol. The van der Waals surface area contributed by atoms with Crippen LogP contribution in [-0.4, -0.2) is 38.0 Å². The maximum Gasteiger partial charge on any atom is 0.132 e. The number of carbonyl (C=O) groups is 2. The van der Waals surface area contributed by atoms with Gasteiger partial charge in [-0.05, 0) is 50.7 Å². The Balaban J connectivity index is 0.000000303. The van der Waals surface area contributed by atoms with E-state index in [2.05, 4.69) is 24.3 Å². The number of ether oxygens (including phenoxy) is 2. The van der Waals surface area contributed by atoms with Gasteiger partial charge in [0, 0.05) is 27.1 Å². The van der Waals surface area contributed by atoms with Crippen molar-refractivity contribution in [3.63, 3.8) is 0 Å². The lowest BCUT2D eigenvalue weighted by molar-refractivity contribution is -0.120. The number of carbonyl (C=O) groups excluding carboxylic acids is 2. The third kappa shape index (κ3) is 12.3. The molecule has 0 saturated carbocycles. The van der Waals surface area contributed by atoms with Crippen LogP contribution in [0.1, 0.15) is 50.7 Å². The first-order valence-corrected chi connectivity index (χ1v) is 10.6. The van der Waals surface area contributed by atoms with Crippen molar-refractivity contribution in [1.82, 2.24) is 0 Å². The van der Waals surface area contributed by atoms with Crippen LogP contribution < -0.4 is 0 Å². The molecule has 2 atom stereocenters. The Morgan fingerprint density at radius 3 is 1.67 bits per heavy atom. The molecule has 0 radical (unpaired) electrons. The molecule has 2 rings (SSSR count). The Morgan fingerprint density at radius 1 is 0.733 bits per heavy atom. The first kappa shape index (κ1) is 25.7. The van der Waals surface area contributed by atoms with Gasteiger partial charge in [0.2, 0.25) is 0 Å².